The van der Waals surface area contributed by atoms with Gasteiger partial charge in [-0.15, -0.1) is 11.3 Å². The minimum atomic E-state index is -0.0101. The van der Waals surface area contributed by atoms with E-state index >= 15 is 0 Å². The van der Waals surface area contributed by atoms with Gasteiger partial charge >= 0.3 is 6.03 Å². The first-order valence-corrected chi connectivity index (χ1v) is 11.8. The van der Waals surface area contributed by atoms with Crippen LogP contribution < -0.4 is 5.32 Å². The van der Waals surface area contributed by atoms with Gasteiger partial charge in [0.05, 0.1) is 6.04 Å². The molecule has 30 heavy (non-hydrogen) atoms. The standard InChI is InChI=1S/C26H28N2OS/c1-17-12-13-20(16-18(17)2)27-26(29)28-15-14-22-21-10-6-7-11-23(21)30-25(22)24(28)19-8-4-3-5-9-19/h3-5,8-9,12-13,16,24H,6-7,10-11,14-15H2,1-2H3,(H,27,29). The number of hydrogen-bond acceptors (Lipinski definition) is 2. The van der Waals surface area contributed by atoms with Gasteiger partial charge in [0.1, 0.15) is 0 Å². The molecule has 4 heteroatoms. The molecular weight excluding hydrogens is 388 g/mol. The van der Waals surface area contributed by atoms with Crippen LogP contribution in [0.1, 0.15) is 56.5 Å². The van der Waals surface area contributed by atoms with E-state index in [4.69, 9.17) is 0 Å². The Morgan fingerprint density at radius 1 is 0.967 bits per heavy atom. The fourth-order valence-electron chi connectivity index (χ4n) is 4.85. The molecule has 0 spiro atoms. The summed E-state index contributed by atoms with van der Waals surface area (Å²) in [5.74, 6) is 0. The number of urea groups is 1. The normalized spacial score (nSPS) is 17.9. The molecule has 3 nitrogen and oxygen atoms in total. The van der Waals surface area contributed by atoms with Crippen LogP contribution in [0.2, 0.25) is 0 Å². The van der Waals surface area contributed by atoms with Crippen LogP contribution in [0.25, 0.3) is 0 Å². The Morgan fingerprint density at radius 2 is 1.77 bits per heavy atom. The summed E-state index contributed by atoms with van der Waals surface area (Å²) < 4.78 is 0. The second kappa shape index (κ2) is 7.92. The number of aryl methyl sites for hydroxylation is 3. The van der Waals surface area contributed by atoms with Crippen LogP contribution in [0.5, 0.6) is 0 Å². The number of carbonyl (C=O) groups excluding carboxylic acids is 1. The van der Waals surface area contributed by atoms with Gasteiger partial charge in [-0.05, 0) is 85.9 Å². The summed E-state index contributed by atoms with van der Waals surface area (Å²) in [7, 11) is 0. The summed E-state index contributed by atoms with van der Waals surface area (Å²) in [5, 5.41) is 3.16. The molecule has 0 bridgehead atoms. The van der Waals surface area contributed by atoms with Gasteiger partial charge in [-0.3, -0.25) is 0 Å². The number of anilines is 1. The first-order valence-electron chi connectivity index (χ1n) is 10.9. The fourth-order valence-corrected chi connectivity index (χ4v) is 6.43. The second-order valence-electron chi connectivity index (χ2n) is 8.54. The number of nitrogens with zero attached hydrogens (tertiary/aromatic N) is 1. The van der Waals surface area contributed by atoms with Gasteiger partial charge in [0, 0.05) is 22.0 Å². The molecule has 5 rings (SSSR count). The first-order chi connectivity index (χ1) is 14.6. The van der Waals surface area contributed by atoms with Crippen molar-refractivity contribution in [3.63, 3.8) is 0 Å². The Morgan fingerprint density at radius 3 is 2.57 bits per heavy atom. The van der Waals surface area contributed by atoms with E-state index in [1.165, 1.54) is 52.8 Å². The van der Waals surface area contributed by atoms with Gasteiger partial charge in [0.2, 0.25) is 0 Å². The number of fused-ring (bicyclic) bond motifs is 3. The Kier molecular flexibility index (Phi) is 5.11. The van der Waals surface area contributed by atoms with Crippen molar-refractivity contribution in [1.29, 1.82) is 0 Å². The molecular formula is C26H28N2OS. The molecule has 2 amide bonds. The van der Waals surface area contributed by atoms with Crippen molar-refractivity contribution in [3.05, 3.63) is 86.1 Å². The molecule has 0 fully saturated rings. The summed E-state index contributed by atoms with van der Waals surface area (Å²) in [6.07, 6.45) is 5.95. The first kappa shape index (κ1) is 19.4. The maximum absolute atomic E-state index is 13.4. The summed E-state index contributed by atoms with van der Waals surface area (Å²) in [5.41, 5.74) is 7.62. The lowest BCUT2D eigenvalue weighted by molar-refractivity contribution is 0.195. The van der Waals surface area contributed by atoms with Crippen molar-refractivity contribution in [2.45, 2.75) is 52.0 Å². The van der Waals surface area contributed by atoms with Crippen LogP contribution in [0, 0.1) is 13.8 Å². The molecule has 1 aliphatic heterocycles. The van der Waals surface area contributed by atoms with Crippen molar-refractivity contribution < 1.29 is 4.79 Å². The predicted molar refractivity (Wildman–Crippen MR) is 125 cm³/mol. The highest BCUT2D eigenvalue weighted by Gasteiger charge is 2.36. The van der Waals surface area contributed by atoms with Crippen molar-refractivity contribution in [2.75, 3.05) is 11.9 Å². The van der Waals surface area contributed by atoms with Gasteiger partial charge in [0.15, 0.2) is 0 Å². The van der Waals surface area contributed by atoms with Crippen LogP contribution in [0.3, 0.4) is 0 Å². The molecule has 1 N–H and O–H groups in total. The lowest BCUT2D eigenvalue weighted by Gasteiger charge is -2.36. The lowest BCUT2D eigenvalue weighted by atomic mass is 9.88. The monoisotopic (exact) mass is 416 g/mol. The number of nitrogens with one attached hydrogen (secondary N) is 1. The summed E-state index contributed by atoms with van der Waals surface area (Å²) in [6.45, 7) is 4.94. The third kappa shape index (κ3) is 3.43. The van der Waals surface area contributed by atoms with Gasteiger partial charge in [-0.25, -0.2) is 4.79 Å². The van der Waals surface area contributed by atoms with E-state index in [0.29, 0.717) is 0 Å². The maximum atomic E-state index is 13.4. The zero-order valence-electron chi connectivity index (χ0n) is 17.7. The minimum Gasteiger partial charge on any atom is -0.312 e. The predicted octanol–water partition coefficient (Wildman–Crippen LogP) is 6.42. The highest BCUT2D eigenvalue weighted by Crippen LogP contribution is 2.45. The highest BCUT2D eigenvalue weighted by atomic mass is 32.1. The molecule has 0 saturated heterocycles. The molecule has 0 radical (unpaired) electrons. The summed E-state index contributed by atoms with van der Waals surface area (Å²) >= 11 is 1.95. The van der Waals surface area contributed by atoms with E-state index in [1.807, 2.05) is 28.4 Å². The molecule has 0 saturated carbocycles. The molecule has 2 heterocycles. The molecule has 1 atom stereocenters. The molecule has 1 aliphatic carbocycles. The van der Waals surface area contributed by atoms with E-state index in [2.05, 4.69) is 55.6 Å². The third-order valence-corrected chi connectivity index (χ3v) is 8.00. The smallest absolute Gasteiger partial charge is 0.312 e. The maximum Gasteiger partial charge on any atom is 0.322 e. The van der Waals surface area contributed by atoms with Gasteiger partial charge in [0.25, 0.3) is 0 Å². The van der Waals surface area contributed by atoms with Crippen LogP contribution in [0.4, 0.5) is 10.5 Å². The van der Waals surface area contributed by atoms with E-state index in [9.17, 15) is 4.79 Å². The van der Waals surface area contributed by atoms with E-state index < -0.39 is 0 Å². The van der Waals surface area contributed by atoms with Crippen molar-refractivity contribution in [1.82, 2.24) is 4.90 Å². The molecule has 1 unspecified atom stereocenters. The SMILES string of the molecule is Cc1ccc(NC(=O)N2CCc3c(sc4c3CCCC4)C2c2ccccc2)cc1C. The largest absolute Gasteiger partial charge is 0.322 e. The number of carbonyl (C=O) groups is 1. The van der Waals surface area contributed by atoms with Crippen molar-refractivity contribution >= 4 is 23.1 Å². The van der Waals surface area contributed by atoms with E-state index in [-0.39, 0.29) is 12.1 Å². The Bertz CT molecular complexity index is 1090. The molecule has 154 valence electrons. The number of amides is 2. The molecule has 2 aromatic carbocycles. The van der Waals surface area contributed by atoms with Gasteiger partial charge < -0.3 is 10.2 Å². The van der Waals surface area contributed by atoms with Crippen LogP contribution in [0.15, 0.2) is 48.5 Å². The minimum absolute atomic E-state index is 0.00269. The van der Waals surface area contributed by atoms with Crippen molar-refractivity contribution in [3.8, 4) is 0 Å². The average Bonchev–Trinajstić information content (AvgIpc) is 3.15. The number of hydrogen-bond donors (Lipinski definition) is 1. The Balaban J connectivity index is 1.52. The van der Waals surface area contributed by atoms with E-state index in [0.717, 1.165) is 18.7 Å². The lowest BCUT2D eigenvalue weighted by Crippen LogP contribution is -2.42. The molecule has 2 aliphatic rings. The number of benzene rings is 2. The Labute approximate surface area is 182 Å². The van der Waals surface area contributed by atoms with Crippen LogP contribution >= 0.6 is 11.3 Å². The summed E-state index contributed by atoms with van der Waals surface area (Å²) in [6, 6.07) is 16.6. The quantitative estimate of drug-likeness (QED) is 0.513. The van der Waals surface area contributed by atoms with Gasteiger partial charge in [-0.1, -0.05) is 36.4 Å². The van der Waals surface area contributed by atoms with Crippen LogP contribution in [-0.2, 0) is 19.3 Å². The van der Waals surface area contributed by atoms with E-state index in [1.54, 1.807) is 10.4 Å². The zero-order valence-corrected chi connectivity index (χ0v) is 18.5. The van der Waals surface area contributed by atoms with Crippen LogP contribution in [-0.4, -0.2) is 17.5 Å². The second-order valence-corrected chi connectivity index (χ2v) is 9.68. The zero-order chi connectivity index (χ0) is 20.7. The van der Waals surface area contributed by atoms with Crippen molar-refractivity contribution in [2.24, 2.45) is 0 Å². The molecule has 3 aromatic rings. The highest BCUT2D eigenvalue weighted by molar-refractivity contribution is 7.12. The van der Waals surface area contributed by atoms with Gasteiger partial charge in [-0.2, -0.15) is 0 Å². The fraction of sp³-hybridized carbons (Fsp3) is 0.346. The topological polar surface area (TPSA) is 32.3 Å². The molecule has 1 aromatic heterocycles. The average molecular weight is 417 g/mol. The third-order valence-electron chi connectivity index (χ3n) is 6.61. The Hall–Kier alpha value is -2.59. The number of thiophene rings is 1. The number of rotatable bonds is 2. The summed E-state index contributed by atoms with van der Waals surface area (Å²) in [4.78, 5) is 18.4.